The van der Waals surface area contributed by atoms with Gasteiger partial charge in [-0.05, 0) is 63.4 Å². The Bertz CT molecular complexity index is 385. The quantitative estimate of drug-likeness (QED) is 0.723. The molecule has 1 aliphatic carbocycles. The van der Waals surface area contributed by atoms with Crippen LogP contribution in [0.25, 0.3) is 0 Å². The monoisotopic (exact) mass is 260 g/mol. The molecule has 0 spiro atoms. The predicted molar refractivity (Wildman–Crippen MR) is 82.3 cm³/mol. The molecule has 106 valence electrons. The molecule has 1 aromatic rings. The molecule has 1 atom stereocenters. The summed E-state index contributed by atoms with van der Waals surface area (Å²) < 4.78 is 0. The first-order valence-electron chi connectivity index (χ1n) is 7.70. The number of nitrogens with one attached hydrogen (secondary N) is 1. The molecule has 0 aliphatic heterocycles. The summed E-state index contributed by atoms with van der Waals surface area (Å²) in [6.07, 6.45) is 3.98. The molecule has 1 saturated carbocycles. The fraction of sp³-hybridized carbons (Fsp3) is 0.647. The summed E-state index contributed by atoms with van der Waals surface area (Å²) in [7, 11) is 2.27. The number of likely N-dealkylation sites (N-methyl/N-ethyl adjacent to an activating group) is 1. The average molecular weight is 260 g/mol. The minimum atomic E-state index is 0.724. The highest BCUT2D eigenvalue weighted by Crippen LogP contribution is 2.35. The van der Waals surface area contributed by atoms with Crippen LogP contribution < -0.4 is 5.32 Å². The molecule has 1 aromatic carbocycles. The van der Waals surface area contributed by atoms with Crippen LogP contribution in [0.2, 0.25) is 0 Å². The van der Waals surface area contributed by atoms with E-state index >= 15 is 0 Å². The maximum Gasteiger partial charge on any atom is 0.0236 e. The van der Waals surface area contributed by atoms with Crippen molar-refractivity contribution in [2.75, 3.05) is 20.1 Å². The van der Waals surface area contributed by atoms with Crippen molar-refractivity contribution in [1.29, 1.82) is 0 Å². The van der Waals surface area contributed by atoms with Gasteiger partial charge in [-0.3, -0.25) is 4.90 Å². The van der Waals surface area contributed by atoms with E-state index in [2.05, 4.69) is 55.4 Å². The number of hydrogen-bond donors (Lipinski definition) is 1. The Morgan fingerprint density at radius 1 is 1.26 bits per heavy atom. The minimum absolute atomic E-state index is 0.724. The highest BCUT2D eigenvalue weighted by molar-refractivity contribution is 5.27. The summed E-state index contributed by atoms with van der Waals surface area (Å²) >= 11 is 0. The zero-order valence-corrected chi connectivity index (χ0v) is 12.7. The highest BCUT2D eigenvalue weighted by Gasteiger charge is 2.30. The molecule has 0 heterocycles. The van der Waals surface area contributed by atoms with Crippen molar-refractivity contribution in [2.45, 2.75) is 45.7 Å². The molecule has 2 nitrogen and oxygen atoms in total. The van der Waals surface area contributed by atoms with Crippen LogP contribution >= 0.6 is 0 Å². The summed E-state index contributed by atoms with van der Waals surface area (Å²) in [5.74, 6) is 0.943. The third-order valence-electron chi connectivity index (χ3n) is 4.36. The van der Waals surface area contributed by atoms with Gasteiger partial charge in [0.05, 0.1) is 0 Å². The van der Waals surface area contributed by atoms with E-state index in [0.717, 1.165) is 38.0 Å². The summed E-state index contributed by atoms with van der Waals surface area (Å²) in [5.41, 5.74) is 2.99. The van der Waals surface area contributed by atoms with Gasteiger partial charge in [-0.25, -0.2) is 0 Å². The number of benzene rings is 1. The smallest absolute Gasteiger partial charge is 0.0236 e. The molecule has 0 aromatic heterocycles. The summed E-state index contributed by atoms with van der Waals surface area (Å²) in [4.78, 5) is 2.52. The van der Waals surface area contributed by atoms with Gasteiger partial charge in [-0.15, -0.1) is 0 Å². The van der Waals surface area contributed by atoms with Crippen LogP contribution in [0.5, 0.6) is 0 Å². The average Bonchev–Trinajstić information content (AvgIpc) is 3.24. The van der Waals surface area contributed by atoms with E-state index in [-0.39, 0.29) is 0 Å². The Morgan fingerprint density at radius 3 is 2.58 bits per heavy atom. The van der Waals surface area contributed by atoms with Crippen LogP contribution in [-0.4, -0.2) is 31.1 Å². The number of hydrogen-bond acceptors (Lipinski definition) is 2. The van der Waals surface area contributed by atoms with Crippen molar-refractivity contribution < 1.29 is 0 Å². The molecular formula is C17H28N2. The Labute approximate surface area is 118 Å². The third kappa shape index (κ3) is 4.32. The second kappa shape index (κ2) is 7.06. The van der Waals surface area contributed by atoms with Gasteiger partial charge in [0, 0.05) is 12.6 Å². The minimum Gasteiger partial charge on any atom is -0.317 e. The van der Waals surface area contributed by atoms with E-state index in [1.165, 1.54) is 24.0 Å². The van der Waals surface area contributed by atoms with Crippen molar-refractivity contribution in [1.82, 2.24) is 10.2 Å². The lowest BCUT2D eigenvalue weighted by molar-refractivity contribution is 0.226. The van der Waals surface area contributed by atoms with Gasteiger partial charge in [-0.2, -0.15) is 0 Å². The van der Waals surface area contributed by atoms with Gasteiger partial charge in [-0.1, -0.05) is 31.2 Å². The standard InChI is InChI=1S/C17H28N2/c1-4-18-12-11-16-7-5-6-8-17(16)13-19(3)14(2)15-9-10-15/h5-8,14-15,18H,4,9-13H2,1-3H3. The number of rotatable bonds is 8. The Kier molecular flexibility index (Phi) is 5.41. The largest absolute Gasteiger partial charge is 0.317 e. The lowest BCUT2D eigenvalue weighted by Gasteiger charge is -2.25. The van der Waals surface area contributed by atoms with Gasteiger partial charge < -0.3 is 5.32 Å². The predicted octanol–water partition coefficient (Wildman–Crippen LogP) is 3.07. The topological polar surface area (TPSA) is 15.3 Å². The fourth-order valence-corrected chi connectivity index (χ4v) is 2.71. The first kappa shape index (κ1) is 14.5. The van der Waals surface area contributed by atoms with Crippen LogP contribution in [-0.2, 0) is 13.0 Å². The molecule has 1 N–H and O–H groups in total. The number of nitrogens with zero attached hydrogens (tertiary/aromatic N) is 1. The van der Waals surface area contributed by atoms with E-state index in [4.69, 9.17) is 0 Å². The van der Waals surface area contributed by atoms with Crippen LogP contribution in [0.4, 0.5) is 0 Å². The first-order chi connectivity index (χ1) is 9.22. The summed E-state index contributed by atoms with van der Waals surface area (Å²) in [6.45, 7) is 7.76. The van der Waals surface area contributed by atoms with Crippen molar-refractivity contribution in [3.05, 3.63) is 35.4 Å². The van der Waals surface area contributed by atoms with E-state index in [1.54, 1.807) is 0 Å². The molecule has 1 fully saturated rings. The fourth-order valence-electron chi connectivity index (χ4n) is 2.71. The molecule has 0 saturated heterocycles. The van der Waals surface area contributed by atoms with Crippen molar-refractivity contribution >= 4 is 0 Å². The third-order valence-corrected chi connectivity index (χ3v) is 4.36. The van der Waals surface area contributed by atoms with Crippen molar-refractivity contribution in [3.8, 4) is 0 Å². The van der Waals surface area contributed by atoms with Crippen LogP contribution in [0, 0.1) is 5.92 Å². The van der Waals surface area contributed by atoms with Crippen LogP contribution in [0.1, 0.15) is 37.8 Å². The highest BCUT2D eigenvalue weighted by atomic mass is 15.1. The van der Waals surface area contributed by atoms with E-state index in [0.29, 0.717) is 0 Å². The molecule has 0 amide bonds. The Hall–Kier alpha value is -0.860. The van der Waals surface area contributed by atoms with Gasteiger partial charge in [0.2, 0.25) is 0 Å². The van der Waals surface area contributed by atoms with Crippen LogP contribution in [0.15, 0.2) is 24.3 Å². The summed E-state index contributed by atoms with van der Waals surface area (Å²) in [6, 6.07) is 9.62. The van der Waals surface area contributed by atoms with Gasteiger partial charge in [0.25, 0.3) is 0 Å². The zero-order chi connectivity index (χ0) is 13.7. The van der Waals surface area contributed by atoms with Gasteiger partial charge in [0.15, 0.2) is 0 Å². The maximum atomic E-state index is 3.41. The van der Waals surface area contributed by atoms with E-state index in [9.17, 15) is 0 Å². The second-order valence-electron chi connectivity index (χ2n) is 5.87. The molecule has 2 rings (SSSR count). The molecule has 0 bridgehead atoms. The Morgan fingerprint density at radius 2 is 1.95 bits per heavy atom. The van der Waals surface area contributed by atoms with Crippen molar-refractivity contribution in [3.63, 3.8) is 0 Å². The zero-order valence-electron chi connectivity index (χ0n) is 12.7. The van der Waals surface area contributed by atoms with Crippen molar-refractivity contribution in [2.24, 2.45) is 5.92 Å². The molecular weight excluding hydrogens is 232 g/mol. The molecule has 19 heavy (non-hydrogen) atoms. The Balaban J connectivity index is 1.94. The van der Waals surface area contributed by atoms with E-state index in [1.807, 2.05) is 0 Å². The lowest BCUT2D eigenvalue weighted by atomic mass is 10.0. The molecule has 2 heteroatoms. The maximum absolute atomic E-state index is 3.41. The normalized spacial score (nSPS) is 16.8. The van der Waals surface area contributed by atoms with Gasteiger partial charge >= 0.3 is 0 Å². The van der Waals surface area contributed by atoms with Gasteiger partial charge in [0.1, 0.15) is 0 Å². The first-order valence-corrected chi connectivity index (χ1v) is 7.70. The summed E-state index contributed by atoms with van der Waals surface area (Å²) in [5, 5.41) is 3.41. The second-order valence-corrected chi connectivity index (χ2v) is 5.87. The lowest BCUT2D eigenvalue weighted by Crippen LogP contribution is -2.30. The SMILES string of the molecule is CCNCCc1ccccc1CN(C)C(C)C1CC1. The van der Waals surface area contributed by atoms with Crippen LogP contribution in [0.3, 0.4) is 0 Å². The molecule has 1 aliphatic rings. The molecule has 0 radical (unpaired) electrons. The molecule has 1 unspecified atom stereocenters. The van der Waals surface area contributed by atoms with E-state index < -0.39 is 0 Å².